The molecule has 0 unspecified atom stereocenters. The second-order valence-corrected chi connectivity index (χ2v) is 4.17. The van der Waals surface area contributed by atoms with Crippen LogP contribution < -0.4 is 0 Å². The van der Waals surface area contributed by atoms with Crippen molar-refractivity contribution in [3.05, 3.63) is 0 Å². The van der Waals surface area contributed by atoms with Gasteiger partial charge in [-0.2, -0.15) is 0 Å². The van der Waals surface area contributed by atoms with Gasteiger partial charge in [-0.1, -0.05) is 0 Å². The largest absolute Gasteiger partial charge is 0.481 e. The Balaban J connectivity index is 3.24. The molecule has 1 aliphatic rings. The molecule has 0 bridgehead atoms. The van der Waals surface area contributed by atoms with Gasteiger partial charge < -0.3 is 10.2 Å². The Bertz CT molecular complexity index is 291. The van der Waals surface area contributed by atoms with Crippen LogP contribution in [-0.4, -0.2) is 27.9 Å². The summed E-state index contributed by atoms with van der Waals surface area (Å²) in [7, 11) is 0. The number of hydrogen-bond donors (Lipinski definition) is 2. The molecule has 14 heavy (non-hydrogen) atoms. The third-order valence-corrected chi connectivity index (χ3v) is 3.26. The van der Waals surface area contributed by atoms with Crippen LogP contribution in [0.15, 0.2) is 0 Å². The number of aliphatic carboxylic acids is 2. The predicted octanol–water partition coefficient (Wildman–Crippen LogP) is 0.531. The van der Waals surface area contributed by atoms with Crippen LogP contribution in [-0.2, 0) is 14.4 Å². The van der Waals surface area contributed by atoms with Crippen molar-refractivity contribution in [1.82, 2.24) is 0 Å². The highest BCUT2D eigenvalue weighted by molar-refractivity contribution is 5.98. The number of carbonyl (C=O) groups excluding carboxylic acids is 1. The Hall–Kier alpha value is -1.39. The van der Waals surface area contributed by atoms with Crippen molar-refractivity contribution >= 4 is 17.7 Å². The minimum absolute atomic E-state index is 0.203. The van der Waals surface area contributed by atoms with Gasteiger partial charge in [0.1, 0.15) is 5.78 Å². The Labute approximate surface area is 80.7 Å². The van der Waals surface area contributed by atoms with E-state index in [0.29, 0.717) is 0 Å². The number of carboxylic acids is 2. The van der Waals surface area contributed by atoms with E-state index < -0.39 is 22.8 Å². The third kappa shape index (κ3) is 1.12. The summed E-state index contributed by atoms with van der Waals surface area (Å²) in [6, 6.07) is 0. The molecule has 0 aromatic carbocycles. The van der Waals surface area contributed by atoms with Crippen molar-refractivity contribution in [3.8, 4) is 0 Å². The first kappa shape index (κ1) is 10.7. The molecule has 1 rings (SSSR count). The molecular weight excluding hydrogens is 188 g/mol. The highest BCUT2D eigenvalue weighted by Crippen LogP contribution is 2.51. The molecule has 0 heterocycles. The normalized spacial score (nSPS) is 37.1. The first-order valence-corrected chi connectivity index (χ1v) is 4.22. The smallest absolute Gasteiger partial charge is 0.310 e. The van der Waals surface area contributed by atoms with Gasteiger partial charge in [-0.05, 0) is 13.8 Å². The van der Waals surface area contributed by atoms with Gasteiger partial charge in [-0.3, -0.25) is 14.4 Å². The van der Waals surface area contributed by atoms with Crippen LogP contribution in [0.3, 0.4) is 0 Å². The molecule has 0 amide bonds. The first-order valence-electron chi connectivity index (χ1n) is 4.22. The molecule has 0 aliphatic heterocycles. The van der Waals surface area contributed by atoms with Gasteiger partial charge in [-0.15, -0.1) is 0 Å². The molecular formula is C9H12O5. The van der Waals surface area contributed by atoms with E-state index in [0.717, 1.165) is 0 Å². The summed E-state index contributed by atoms with van der Waals surface area (Å²) in [6.07, 6.45) is -0.406. The number of rotatable bonds is 2. The number of ketones is 1. The van der Waals surface area contributed by atoms with Crippen LogP contribution in [0.5, 0.6) is 0 Å². The van der Waals surface area contributed by atoms with Crippen molar-refractivity contribution in [1.29, 1.82) is 0 Å². The van der Waals surface area contributed by atoms with E-state index in [1.165, 1.54) is 13.8 Å². The summed E-state index contributed by atoms with van der Waals surface area (Å²) < 4.78 is 0. The Morgan fingerprint density at radius 3 is 1.57 bits per heavy atom. The second kappa shape index (κ2) is 2.80. The minimum Gasteiger partial charge on any atom is -0.481 e. The molecule has 0 aromatic rings. The van der Waals surface area contributed by atoms with Gasteiger partial charge in [-0.25, -0.2) is 0 Å². The molecule has 5 heteroatoms. The monoisotopic (exact) mass is 200 g/mol. The predicted molar refractivity (Wildman–Crippen MR) is 45.7 cm³/mol. The van der Waals surface area contributed by atoms with Crippen LogP contribution >= 0.6 is 0 Å². The van der Waals surface area contributed by atoms with E-state index in [2.05, 4.69) is 0 Å². The summed E-state index contributed by atoms with van der Waals surface area (Å²) >= 11 is 0. The number of carboxylic acid groups (broad SMARTS) is 2. The average molecular weight is 200 g/mol. The SMILES string of the molecule is C[C@]1(C(=O)O)CC(=O)C[C@]1(C)C(=O)O. The first-order chi connectivity index (χ1) is 6.24. The van der Waals surface area contributed by atoms with E-state index in [9.17, 15) is 14.4 Å². The Morgan fingerprint density at radius 2 is 1.36 bits per heavy atom. The molecule has 5 nitrogen and oxygen atoms in total. The second-order valence-electron chi connectivity index (χ2n) is 4.17. The maximum Gasteiger partial charge on any atom is 0.310 e. The fraction of sp³-hybridized carbons (Fsp3) is 0.667. The molecule has 1 aliphatic carbocycles. The van der Waals surface area contributed by atoms with Gasteiger partial charge in [0.2, 0.25) is 0 Å². The lowest BCUT2D eigenvalue weighted by atomic mass is 9.68. The molecule has 1 fully saturated rings. The van der Waals surface area contributed by atoms with E-state index in [4.69, 9.17) is 10.2 Å². The lowest BCUT2D eigenvalue weighted by Crippen LogP contribution is -2.44. The van der Waals surface area contributed by atoms with Crippen molar-refractivity contribution in [2.24, 2.45) is 10.8 Å². The van der Waals surface area contributed by atoms with Crippen molar-refractivity contribution in [2.45, 2.75) is 26.7 Å². The Morgan fingerprint density at radius 1 is 1.07 bits per heavy atom. The highest BCUT2D eigenvalue weighted by Gasteiger charge is 2.61. The van der Waals surface area contributed by atoms with E-state index in [1.54, 1.807) is 0 Å². The van der Waals surface area contributed by atoms with Gasteiger partial charge in [0.15, 0.2) is 0 Å². The summed E-state index contributed by atoms with van der Waals surface area (Å²) in [4.78, 5) is 33.1. The van der Waals surface area contributed by atoms with Crippen LogP contribution in [0, 0.1) is 10.8 Å². The zero-order chi connectivity index (χ0) is 11.1. The zero-order valence-electron chi connectivity index (χ0n) is 8.03. The van der Waals surface area contributed by atoms with Crippen LogP contribution in [0.1, 0.15) is 26.7 Å². The summed E-state index contributed by atoms with van der Waals surface area (Å²) in [5.41, 5.74) is -2.98. The number of Topliss-reactive ketones (excluding diaryl/α,β-unsaturated/α-hetero) is 1. The molecule has 2 atom stereocenters. The molecule has 78 valence electrons. The summed E-state index contributed by atoms with van der Waals surface area (Å²) in [5.74, 6) is -2.76. The molecule has 0 saturated heterocycles. The van der Waals surface area contributed by atoms with Crippen molar-refractivity contribution in [3.63, 3.8) is 0 Å². The lowest BCUT2D eigenvalue weighted by Gasteiger charge is -2.32. The van der Waals surface area contributed by atoms with Crippen molar-refractivity contribution in [2.75, 3.05) is 0 Å². The summed E-state index contributed by atoms with van der Waals surface area (Å²) in [6.45, 7) is 2.63. The lowest BCUT2D eigenvalue weighted by molar-refractivity contribution is -0.167. The fourth-order valence-electron chi connectivity index (χ4n) is 1.86. The average Bonchev–Trinajstić information content (AvgIpc) is 2.24. The van der Waals surface area contributed by atoms with Crippen LogP contribution in [0.25, 0.3) is 0 Å². The van der Waals surface area contributed by atoms with Gasteiger partial charge in [0.05, 0.1) is 10.8 Å². The number of hydrogen-bond acceptors (Lipinski definition) is 3. The fourth-order valence-corrected chi connectivity index (χ4v) is 1.86. The quantitative estimate of drug-likeness (QED) is 0.678. The minimum atomic E-state index is -1.49. The molecule has 0 radical (unpaired) electrons. The van der Waals surface area contributed by atoms with Crippen molar-refractivity contribution < 1.29 is 24.6 Å². The third-order valence-electron chi connectivity index (χ3n) is 3.26. The van der Waals surface area contributed by atoms with Crippen LogP contribution in [0.2, 0.25) is 0 Å². The van der Waals surface area contributed by atoms with E-state index in [1.807, 2.05) is 0 Å². The zero-order valence-corrected chi connectivity index (χ0v) is 8.03. The van der Waals surface area contributed by atoms with Gasteiger partial charge in [0, 0.05) is 12.8 Å². The standard InChI is InChI=1S/C9H12O5/c1-8(6(11)12)3-5(10)4-9(8,2)7(13)14/h3-4H2,1-2H3,(H,11,12)(H,13,14)/t8-,9-/m1/s1. The van der Waals surface area contributed by atoms with Crippen LogP contribution in [0.4, 0.5) is 0 Å². The van der Waals surface area contributed by atoms with Gasteiger partial charge in [0.25, 0.3) is 0 Å². The molecule has 2 N–H and O–H groups in total. The number of carbonyl (C=O) groups is 3. The Kier molecular flexibility index (Phi) is 2.14. The summed E-state index contributed by atoms with van der Waals surface area (Å²) in [5, 5.41) is 17.9. The van der Waals surface area contributed by atoms with E-state index in [-0.39, 0.29) is 18.6 Å². The maximum atomic E-state index is 11.2. The maximum absolute atomic E-state index is 11.2. The molecule has 0 spiro atoms. The van der Waals surface area contributed by atoms with Gasteiger partial charge >= 0.3 is 11.9 Å². The topological polar surface area (TPSA) is 91.7 Å². The van der Waals surface area contributed by atoms with E-state index >= 15 is 0 Å². The molecule has 0 aromatic heterocycles. The highest BCUT2D eigenvalue weighted by atomic mass is 16.4. The molecule has 1 saturated carbocycles.